The number of rotatable bonds is 4. The average molecular weight is 314 g/mol. The summed E-state index contributed by atoms with van der Waals surface area (Å²) in [5, 5.41) is 12.5. The summed E-state index contributed by atoms with van der Waals surface area (Å²) in [5.41, 5.74) is 4.09. The van der Waals surface area contributed by atoms with Crippen LogP contribution in [-0.2, 0) is 0 Å². The van der Waals surface area contributed by atoms with Gasteiger partial charge in [0, 0.05) is 0 Å². The number of carbonyl (C=O) groups is 1. The third-order valence-corrected chi connectivity index (χ3v) is 3.75. The molecule has 3 aromatic rings. The Balaban J connectivity index is 1.63. The van der Waals surface area contributed by atoms with E-state index in [9.17, 15) is 9.18 Å². The van der Waals surface area contributed by atoms with E-state index in [1.165, 1.54) is 18.3 Å². The zero-order valence-electron chi connectivity index (χ0n) is 11.3. The monoisotopic (exact) mass is 314 g/mol. The Hall–Kier alpha value is -2.80. The van der Waals surface area contributed by atoms with Gasteiger partial charge in [-0.2, -0.15) is 10.2 Å². The minimum Gasteiger partial charge on any atom is -0.276 e. The number of amides is 1. The van der Waals surface area contributed by atoms with Crippen molar-refractivity contribution in [2.24, 2.45) is 5.10 Å². The van der Waals surface area contributed by atoms with Gasteiger partial charge in [-0.1, -0.05) is 18.2 Å². The summed E-state index contributed by atoms with van der Waals surface area (Å²) < 4.78 is 12.8. The van der Waals surface area contributed by atoms with Gasteiger partial charge in [-0.25, -0.2) is 9.82 Å². The summed E-state index contributed by atoms with van der Waals surface area (Å²) in [6.07, 6.45) is 1.43. The Morgan fingerprint density at radius 2 is 2.14 bits per heavy atom. The maximum Gasteiger partial charge on any atom is 0.291 e. The highest BCUT2D eigenvalue weighted by molar-refractivity contribution is 7.13. The van der Waals surface area contributed by atoms with E-state index in [1.54, 1.807) is 29.5 Å². The van der Waals surface area contributed by atoms with Crippen molar-refractivity contribution in [3.05, 3.63) is 64.9 Å². The normalized spacial score (nSPS) is 11.0. The molecule has 1 aromatic carbocycles. The third-order valence-electron chi connectivity index (χ3n) is 2.85. The SMILES string of the molecule is O=C(N/N=C\c1ccc(F)cc1)c1cc(-c2cccs2)[nH]n1. The second-order valence-corrected chi connectivity index (χ2v) is 5.34. The maximum atomic E-state index is 12.8. The van der Waals surface area contributed by atoms with Gasteiger partial charge in [0.15, 0.2) is 5.69 Å². The van der Waals surface area contributed by atoms with Crippen LogP contribution in [-0.4, -0.2) is 22.3 Å². The lowest BCUT2D eigenvalue weighted by Gasteiger charge is -1.95. The van der Waals surface area contributed by atoms with Crippen LogP contribution in [0.15, 0.2) is 52.9 Å². The lowest BCUT2D eigenvalue weighted by atomic mass is 10.2. The Morgan fingerprint density at radius 3 is 2.86 bits per heavy atom. The fraction of sp³-hybridized carbons (Fsp3) is 0. The summed E-state index contributed by atoms with van der Waals surface area (Å²) in [4.78, 5) is 12.9. The van der Waals surface area contributed by atoms with Crippen LogP contribution in [0.5, 0.6) is 0 Å². The highest BCUT2D eigenvalue weighted by atomic mass is 32.1. The fourth-order valence-electron chi connectivity index (χ4n) is 1.77. The molecule has 0 saturated carbocycles. The van der Waals surface area contributed by atoms with E-state index >= 15 is 0 Å². The van der Waals surface area contributed by atoms with Gasteiger partial charge in [-0.15, -0.1) is 11.3 Å². The molecule has 0 aliphatic rings. The standard InChI is InChI=1S/C15H11FN4OS/c16-11-5-3-10(4-6-11)9-17-20-15(21)13-8-12(18-19-13)14-2-1-7-22-14/h1-9H,(H,18,19)(H,20,21)/b17-9-. The smallest absolute Gasteiger partial charge is 0.276 e. The first-order chi connectivity index (χ1) is 10.7. The average Bonchev–Trinajstić information content (AvgIpc) is 3.20. The van der Waals surface area contributed by atoms with Crippen LogP contribution in [0.4, 0.5) is 4.39 Å². The van der Waals surface area contributed by atoms with Crippen molar-refractivity contribution in [1.29, 1.82) is 0 Å². The summed E-state index contributed by atoms with van der Waals surface area (Å²) in [6.45, 7) is 0. The first kappa shape index (κ1) is 14.2. The van der Waals surface area contributed by atoms with Crippen LogP contribution in [0.25, 0.3) is 10.6 Å². The molecule has 0 fully saturated rings. The Morgan fingerprint density at radius 1 is 1.32 bits per heavy atom. The molecule has 1 amide bonds. The molecule has 7 heteroatoms. The van der Waals surface area contributed by atoms with E-state index in [-0.39, 0.29) is 11.5 Å². The minimum absolute atomic E-state index is 0.250. The molecule has 22 heavy (non-hydrogen) atoms. The molecular weight excluding hydrogens is 303 g/mol. The molecule has 0 saturated heterocycles. The molecule has 3 rings (SSSR count). The molecule has 2 heterocycles. The summed E-state index contributed by atoms with van der Waals surface area (Å²) in [6, 6.07) is 11.3. The number of carbonyl (C=O) groups excluding carboxylic acids is 1. The number of hydrogen-bond donors (Lipinski definition) is 2. The molecule has 5 nitrogen and oxygen atoms in total. The van der Waals surface area contributed by atoms with Crippen LogP contribution in [0.3, 0.4) is 0 Å². The van der Waals surface area contributed by atoms with Crippen LogP contribution in [0.1, 0.15) is 16.1 Å². The summed E-state index contributed by atoms with van der Waals surface area (Å²) in [5.74, 6) is -0.740. The second kappa shape index (κ2) is 6.31. The third kappa shape index (κ3) is 3.26. The number of H-pyrrole nitrogens is 1. The van der Waals surface area contributed by atoms with E-state index in [4.69, 9.17) is 0 Å². The number of thiophene rings is 1. The minimum atomic E-state index is -0.419. The van der Waals surface area contributed by atoms with Crippen molar-refractivity contribution >= 4 is 23.5 Å². The molecule has 0 aliphatic carbocycles. The molecule has 0 bridgehead atoms. The molecule has 0 aliphatic heterocycles. The number of nitrogens with zero attached hydrogens (tertiary/aromatic N) is 2. The fourth-order valence-corrected chi connectivity index (χ4v) is 2.46. The largest absolute Gasteiger partial charge is 0.291 e. The number of halogens is 1. The topological polar surface area (TPSA) is 70.1 Å². The van der Waals surface area contributed by atoms with Crippen LogP contribution in [0.2, 0.25) is 0 Å². The molecule has 2 aromatic heterocycles. The van der Waals surface area contributed by atoms with Gasteiger partial charge in [0.1, 0.15) is 5.82 Å². The quantitative estimate of drug-likeness (QED) is 0.574. The van der Waals surface area contributed by atoms with Crippen molar-refractivity contribution in [3.63, 3.8) is 0 Å². The lowest BCUT2D eigenvalue weighted by Crippen LogP contribution is -2.17. The number of nitrogens with one attached hydrogen (secondary N) is 2. The second-order valence-electron chi connectivity index (χ2n) is 4.39. The van der Waals surface area contributed by atoms with Gasteiger partial charge in [0.25, 0.3) is 5.91 Å². The first-order valence-corrected chi connectivity index (χ1v) is 7.28. The van der Waals surface area contributed by atoms with Gasteiger partial charge in [0.2, 0.25) is 0 Å². The van der Waals surface area contributed by atoms with Crippen molar-refractivity contribution in [1.82, 2.24) is 15.6 Å². The van der Waals surface area contributed by atoms with E-state index in [2.05, 4.69) is 20.7 Å². The molecule has 0 radical (unpaired) electrons. The molecular formula is C15H11FN4OS. The van der Waals surface area contributed by atoms with Gasteiger partial charge in [0.05, 0.1) is 16.8 Å². The van der Waals surface area contributed by atoms with Gasteiger partial charge in [-0.05, 0) is 35.2 Å². The number of hydrogen-bond acceptors (Lipinski definition) is 4. The van der Waals surface area contributed by atoms with Gasteiger partial charge >= 0.3 is 0 Å². The number of aromatic nitrogens is 2. The van der Waals surface area contributed by atoms with E-state index in [0.29, 0.717) is 5.56 Å². The van der Waals surface area contributed by atoms with E-state index < -0.39 is 5.91 Å². The van der Waals surface area contributed by atoms with Crippen molar-refractivity contribution in [2.75, 3.05) is 0 Å². The summed E-state index contributed by atoms with van der Waals surface area (Å²) in [7, 11) is 0. The number of aromatic amines is 1. The summed E-state index contributed by atoms with van der Waals surface area (Å²) >= 11 is 1.55. The number of hydrazone groups is 1. The maximum absolute atomic E-state index is 12.8. The zero-order chi connectivity index (χ0) is 15.4. The van der Waals surface area contributed by atoms with E-state index in [0.717, 1.165) is 10.6 Å². The Labute approximate surface area is 129 Å². The van der Waals surface area contributed by atoms with Crippen molar-refractivity contribution < 1.29 is 9.18 Å². The predicted molar refractivity (Wildman–Crippen MR) is 83.4 cm³/mol. The Kier molecular flexibility index (Phi) is 4.06. The van der Waals surface area contributed by atoms with Crippen LogP contribution < -0.4 is 5.43 Å². The van der Waals surface area contributed by atoms with Crippen LogP contribution in [0, 0.1) is 5.82 Å². The molecule has 110 valence electrons. The molecule has 0 spiro atoms. The Bertz CT molecular complexity index is 793. The van der Waals surface area contributed by atoms with Crippen LogP contribution >= 0.6 is 11.3 Å². The predicted octanol–water partition coefficient (Wildman–Crippen LogP) is 3.04. The first-order valence-electron chi connectivity index (χ1n) is 6.40. The highest BCUT2D eigenvalue weighted by Gasteiger charge is 2.10. The van der Waals surface area contributed by atoms with Crippen molar-refractivity contribution in [2.45, 2.75) is 0 Å². The van der Waals surface area contributed by atoms with Crippen molar-refractivity contribution in [3.8, 4) is 10.6 Å². The van der Waals surface area contributed by atoms with Gasteiger partial charge in [-0.3, -0.25) is 9.89 Å². The lowest BCUT2D eigenvalue weighted by molar-refractivity contribution is 0.0950. The molecule has 0 atom stereocenters. The number of benzene rings is 1. The van der Waals surface area contributed by atoms with Gasteiger partial charge < -0.3 is 0 Å². The molecule has 2 N–H and O–H groups in total. The van der Waals surface area contributed by atoms with E-state index in [1.807, 2.05) is 17.5 Å². The highest BCUT2D eigenvalue weighted by Crippen LogP contribution is 2.22. The molecule has 0 unspecified atom stereocenters. The zero-order valence-corrected chi connectivity index (χ0v) is 12.1.